The van der Waals surface area contributed by atoms with E-state index in [1.54, 1.807) is 11.9 Å². The third-order valence-electron chi connectivity index (χ3n) is 3.09. The van der Waals surface area contributed by atoms with Gasteiger partial charge in [0.25, 0.3) is 0 Å². The minimum Gasteiger partial charge on any atom is -0.340 e. The van der Waals surface area contributed by atoms with Gasteiger partial charge in [0, 0.05) is 13.6 Å². The SMILES string of the molecule is CCc1ccc(CN(C)C(=O)C(C#N)CC)cc1. The van der Waals surface area contributed by atoms with Crippen molar-refractivity contribution in [3.63, 3.8) is 0 Å². The molecule has 0 saturated heterocycles. The van der Waals surface area contributed by atoms with Crippen LogP contribution in [-0.2, 0) is 17.8 Å². The van der Waals surface area contributed by atoms with Gasteiger partial charge in [-0.3, -0.25) is 4.79 Å². The van der Waals surface area contributed by atoms with Crippen LogP contribution in [0.5, 0.6) is 0 Å². The molecular formula is C15H20N2O. The molecule has 0 saturated carbocycles. The van der Waals surface area contributed by atoms with Crippen LogP contribution in [0.3, 0.4) is 0 Å². The van der Waals surface area contributed by atoms with Crippen molar-refractivity contribution in [3.05, 3.63) is 35.4 Å². The highest BCUT2D eigenvalue weighted by molar-refractivity contribution is 5.80. The van der Waals surface area contributed by atoms with Crippen molar-refractivity contribution >= 4 is 5.91 Å². The lowest BCUT2D eigenvalue weighted by Crippen LogP contribution is -2.31. The lowest BCUT2D eigenvalue weighted by molar-refractivity contribution is -0.133. The van der Waals surface area contributed by atoms with Crippen molar-refractivity contribution in [2.75, 3.05) is 7.05 Å². The van der Waals surface area contributed by atoms with Gasteiger partial charge < -0.3 is 4.90 Å². The Labute approximate surface area is 109 Å². The molecule has 1 aromatic rings. The summed E-state index contributed by atoms with van der Waals surface area (Å²) in [6.45, 7) is 4.53. The number of nitrogens with zero attached hydrogens (tertiary/aromatic N) is 2. The van der Waals surface area contributed by atoms with Gasteiger partial charge in [-0.05, 0) is 24.0 Å². The summed E-state index contributed by atoms with van der Waals surface area (Å²) >= 11 is 0. The number of carbonyl (C=O) groups excluding carboxylic acids is 1. The molecule has 1 atom stereocenters. The van der Waals surface area contributed by atoms with E-state index < -0.39 is 5.92 Å². The van der Waals surface area contributed by atoms with E-state index in [1.165, 1.54) is 5.56 Å². The van der Waals surface area contributed by atoms with Gasteiger partial charge in [0.05, 0.1) is 6.07 Å². The Morgan fingerprint density at radius 2 is 1.83 bits per heavy atom. The predicted octanol–water partition coefficient (Wildman–Crippen LogP) is 2.76. The lowest BCUT2D eigenvalue weighted by Gasteiger charge is -2.19. The van der Waals surface area contributed by atoms with Crippen molar-refractivity contribution in [3.8, 4) is 6.07 Å². The number of nitriles is 1. The van der Waals surface area contributed by atoms with Crippen LogP contribution in [0.15, 0.2) is 24.3 Å². The maximum Gasteiger partial charge on any atom is 0.239 e. The number of hydrogen-bond acceptors (Lipinski definition) is 2. The minimum atomic E-state index is -0.523. The van der Waals surface area contributed by atoms with Gasteiger partial charge in [0.15, 0.2) is 0 Å². The molecule has 1 aromatic carbocycles. The van der Waals surface area contributed by atoms with Crippen molar-refractivity contribution in [1.29, 1.82) is 5.26 Å². The number of carbonyl (C=O) groups is 1. The highest BCUT2D eigenvalue weighted by Gasteiger charge is 2.19. The maximum absolute atomic E-state index is 11.9. The fraction of sp³-hybridized carbons (Fsp3) is 0.467. The second-order valence-electron chi connectivity index (χ2n) is 4.45. The summed E-state index contributed by atoms with van der Waals surface area (Å²) in [5.41, 5.74) is 2.38. The molecule has 0 fully saturated rings. The molecule has 0 aromatic heterocycles. The number of amides is 1. The van der Waals surface area contributed by atoms with Crippen LogP contribution >= 0.6 is 0 Å². The molecule has 1 unspecified atom stereocenters. The van der Waals surface area contributed by atoms with Crippen LogP contribution in [0.25, 0.3) is 0 Å². The van der Waals surface area contributed by atoms with Crippen LogP contribution in [0.4, 0.5) is 0 Å². The largest absolute Gasteiger partial charge is 0.340 e. The van der Waals surface area contributed by atoms with Crippen LogP contribution in [0.2, 0.25) is 0 Å². The van der Waals surface area contributed by atoms with Gasteiger partial charge in [-0.1, -0.05) is 38.1 Å². The van der Waals surface area contributed by atoms with Crippen molar-refractivity contribution < 1.29 is 4.79 Å². The molecule has 96 valence electrons. The van der Waals surface area contributed by atoms with E-state index in [4.69, 9.17) is 5.26 Å². The summed E-state index contributed by atoms with van der Waals surface area (Å²) in [7, 11) is 1.75. The first kappa shape index (κ1) is 14.2. The Morgan fingerprint density at radius 3 is 2.28 bits per heavy atom. The standard InChI is InChI=1S/C15H20N2O/c1-4-12-6-8-13(9-7-12)11-17(3)15(18)14(5-2)10-16/h6-9,14H,4-5,11H2,1-3H3. The molecular weight excluding hydrogens is 224 g/mol. The zero-order chi connectivity index (χ0) is 13.5. The summed E-state index contributed by atoms with van der Waals surface area (Å²) in [6, 6.07) is 10.3. The zero-order valence-corrected chi connectivity index (χ0v) is 11.3. The molecule has 0 heterocycles. The predicted molar refractivity (Wildman–Crippen MR) is 71.7 cm³/mol. The highest BCUT2D eigenvalue weighted by atomic mass is 16.2. The quantitative estimate of drug-likeness (QED) is 0.799. The van der Waals surface area contributed by atoms with Crippen molar-refractivity contribution in [2.45, 2.75) is 33.2 Å². The fourth-order valence-electron chi connectivity index (χ4n) is 1.82. The zero-order valence-electron chi connectivity index (χ0n) is 11.3. The Hall–Kier alpha value is -1.82. The van der Waals surface area contributed by atoms with Gasteiger partial charge in [0.1, 0.15) is 5.92 Å². The minimum absolute atomic E-state index is 0.0976. The third-order valence-corrected chi connectivity index (χ3v) is 3.09. The van der Waals surface area contributed by atoms with E-state index in [9.17, 15) is 4.79 Å². The van der Waals surface area contributed by atoms with Gasteiger partial charge in [0.2, 0.25) is 5.91 Å². The van der Waals surface area contributed by atoms with Crippen molar-refractivity contribution in [1.82, 2.24) is 4.90 Å². The first-order valence-corrected chi connectivity index (χ1v) is 6.34. The molecule has 0 bridgehead atoms. The lowest BCUT2D eigenvalue weighted by atomic mass is 10.1. The topological polar surface area (TPSA) is 44.1 Å². The average Bonchev–Trinajstić information content (AvgIpc) is 2.40. The van der Waals surface area contributed by atoms with E-state index in [0.717, 1.165) is 12.0 Å². The molecule has 3 nitrogen and oxygen atoms in total. The first-order valence-electron chi connectivity index (χ1n) is 6.34. The number of aryl methyl sites for hydroxylation is 1. The summed E-state index contributed by atoms with van der Waals surface area (Å²) < 4.78 is 0. The van der Waals surface area contributed by atoms with Gasteiger partial charge in [-0.2, -0.15) is 5.26 Å². The second kappa shape index (κ2) is 6.80. The van der Waals surface area contributed by atoms with E-state index in [1.807, 2.05) is 25.1 Å². The molecule has 0 N–H and O–H groups in total. The van der Waals surface area contributed by atoms with Crippen molar-refractivity contribution in [2.24, 2.45) is 5.92 Å². The van der Waals surface area contributed by atoms with Crippen LogP contribution in [-0.4, -0.2) is 17.9 Å². The Bertz CT molecular complexity index is 431. The first-order chi connectivity index (χ1) is 8.62. The normalized spacial score (nSPS) is 11.7. The summed E-state index contributed by atoms with van der Waals surface area (Å²) in [5, 5.41) is 8.88. The molecule has 0 aliphatic carbocycles. The third kappa shape index (κ3) is 3.59. The molecule has 1 rings (SSSR count). The molecule has 0 aliphatic rings. The summed E-state index contributed by atoms with van der Waals surface area (Å²) in [5.74, 6) is -0.621. The van der Waals surface area contributed by atoms with Crippen LogP contribution in [0, 0.1) is 17.2 Å². The Kier molecular flexibility index (Phi) is 5.38. The maximum atomic E-state index is 11.9. The molecule has 0 spiro atoms. The Balaban J connectivity index is 2.66. The molecule has 18 heavy (non-hydrogen) atoms. The molecule has 0 radical (unpaired) electrons. The van der Waals surface area contributed by atoms with E-state index in [2.05, 4.69) is 19.1 Å². The van der Waals surface area contributed by atoms with Gasteiger partial charge in [-0.15, -0.1) is 0 Å². The smallest absolute Gasteiger partial charge is 0.239 e. The van der Waals surface area contributed by atoms with E-state index in [0.29, 0.717) is 13.0 Å². The van der Waals surface area contributed by atoms with Gasteiger partial charge >= 0.3 is 0 Å². The second-order valence-corrected chi connectivity index (χ2v) is 4.45. The highest BCUT2D eigenvalue weighted by Crippen LogP contribution is 2.11. The molecule has 3 heteroatoms. The number of benzene rings is 1. The molecule has 1 amide bonds. The van der Waals surface area contributed by atoms with Crippen LogP contribution in [0.1, 0.15) is 31.4 Å². The average molecular weight is 244 g/mol. The Morgan fingerprint density at radius 1 is 1.28 bits per heavy atom. The van der Waals surface area contributed by atoms with E-state index >= 15 is 0 Å². The molecule has 0 aliphatic heterocycles. The number of rotatable bonds is 5. The van der Waals surface area contributed by atoms with Crippen LogP contribution < -0.4 is 0 Å². The van der Waals surface area contributed by atoms with E-state index in [-0.39, 0.29) is 5.91 Å². The number of hydrogen-bond donors (Lipinski definition) is 0. The summed E-state index contributed by atoms with van der Waals surface area (Å²) in [4.78, 5) is 13.6. The summed E-state index contributed by atoms with van der Waals surface area (Å²) in [6.07, 6.45) is 1.58. The van der Waals surface area contributed by atoms with Gasteiger partial charge in [-0.25, -0.2) is 0 Å². The fourth-order valence-corrected chi connectivity index (χ4v) is 1.82. The monoisotopic (exact) mass is 244 g/mol.